The summed E-state index contributed by atoms with van der Waals surface area (Å²) < 4.78 is 7.33. The third-order valence-electron chi connectivity index (χ3n) is 3.77. The molecule has 5 heteroatoms. The van der Waals surface area contributed by atoms with E-state index in [1.54, 1.807) is 13.1 Å². The molecule has 0 aliphatic heterocycles. The summed E-state index contributed by atoms with van der Waals surface area (Å²) in [6.07, 6.45) is 3.67. The molecule has 2 heterocycles. The SMILES string of the molecule is Cc1ccc(C(C)(O)CNCc2ccc(-n3cccn3)cc2)o1. The van der Waals surface area contributed by atoms with Gasteiger partial charge in [-0.2, -0.15) is 5.10 Å². The second-order valence-corrected chi connectivity index (χ2v) is 5.90. The Morgan fingerprint density at radius 1 is 1.22 bits per heavy atom. The van der Waals surface area contributed by atoms with Crippen LogP contribution in [0.5, 0.6) is 0 Å². The Morgan fingerprint density at radius 3 is 2.61 bits per heavy atom. The first-order valence-corrected chi connectivity index (χ1v) is 7.63. The molecule has 3 aromatic rings. The van der Waals surface area contributed by atoms with Crippen molar-refractivity contribution in [2.45, 2.75) is 26.0 Å². The molecule has 120 valence electrons. The number of nitrogens with one attached hydrogen (secondary N) is 1. The lowest BCUT2D eigenvalue weighted by Gasteiger charge is -2.21. The summed E-state index contributed by atoms with van der Waals surface area (Å²) in [6, 6.07) is 13.7. The van der Waals surface area contributed by atoms with Crippen LogP contribution in [0.2, 0.25) is 0 Å². The van der Waals surface area contributed by atoms with Crippen LogP contribution in [0.4, 0.5) is 0 Å². The van der Waals surface area contributed by atoms with Crippen molar-refractivity contribution < 1.29 is 9.52 Å². The smallest absolute Gasteiger partial charge is 0.136 e. The summed E-state index contributed by atoms with van der Waals surface area (Å²) in [6.45, 7) is 4.71. The van der Waals surface area contributed by atoms with Crippen molar-refractivity contribution >= 4 is 0 Å². The number of furan rings is 1. The third kappa shape index (κ3) is 3.70. The predicted molar refractivity (Wildman–Crippen MR) is 88.3 cm³/mol. The van der Waals surface area contributed by atoms with Crippen LogP contribution in [0.15, 0.2) is 59.3 Å². The summed E-state index contributed by atoms with van der Waals surface area (Å²) in [4.78, 5) is 0. The highest BCUT2D eigenvalue weighted by molar-refractivity contribution is 5.33. The maximum Gasteiger partial charge on any atom is 0.136 e. The van der Waals surface area contributed by atoms with Crippen molar-refractivity contribution in [3.8, 4) is 5.69 Å². The molecular formula is C18H21N3O2. The standard InChI is InChI=1S/C18H21N3O2/c1-14-4-9-17(23-14)18(2,22)13-19-12-15-5-7-16(8-6-15)21-11-3-10-20-21/h3-11,19,22H,12-13H2,1-2H3. The molecule has 1 atom stereocenters. The highest BCUT2D eigenvalue weighted by Gasteiger charge is 2.26. The van der Waals surface area contributed by atoms with E-state index in [0.29, 0.717) is 18.8 Å². The average molecular weight is 311 g/mol. The van der Waals surface area contributed by atoms with Crippen LogP contribution in [0.25, 0.3) is 5.69 Å². The summed E-state index contributed by atoms with van der Waals surface area (Å²) >= 11 is 0. The molecule has 2 N–H and O–H groups in total. The van der Waals surface area contributed by atoms with E-state index in [-0.39, 0.29) is 0 Å². The zero-order valence-electron chi connectivity index (χ0n) is 13.4. The van der Waals surface area contributed by atoms with Crippen molar-refractivity contribution in [1.82, 2.24) is 15.1 Å². The van der Waals surface area contributed by atoms with Gasteiger partial charge in [0.1, 0.15) is 17.1 Å². The highest BCUT2D eigenvalue weighted by atomic mass is 16.4. The Hall–Kier alpha value is -2.37. The van der Waals surface area contributed by atoms with Gasteiger partial charge in [-0.05, 0) is 49.7 Å². The van der Waals surface area contributed by atoms with E-state index < -0.39 is 5.60 Å². The average Bonchev–Trinajstić information content (AvgIpc) is 3.19. The van der Waals surface area contributed by atoms with E-state index in [9.17, 15) is 5.11 Å². The van der Waals surface area contributed by atoms with Gasteiger partial charge in [-0.1, -0.05) is 12.1 Å². The van der Waals surface area contributed by atoms with Crippen LogP contribution in [0, 0.1) is 6.92 Å². The number of aryl methyl sites for hydroxylation is 1. The summed E-state index contributed by atoms with van der Waals surface area (Å²) in [7, 11) is 0. The topological polar surface area (TPSA) is 63.2 Å². The molecule has 0 radical (unpaired) electrons. The number of benzene rings is 1. The van der Waals surface area contributed by atoms with E-state index >= 15 is 0 Å². The molecule has 0 spiro atoms. The van der Waals surface area contributed by atoms with Crippen molar-refractivity contribution in [1.29, 1.82) is 0 Å². The van der Waals surface area contributed by atoms with Crippen LogP contribution >= 0.6 is 0 Å². The van der Waals surface area contributed by atoms with E-state index in [1.165, 1.54) is 0 Å². The lowest BCUT2D eigenvalue weighted by molar-refractivity contribution is 0.0333. The van der Waals surface area contributed by atoms with Crippen LogP contribution in [-0.2, 0) is 12.1 Å². The maximum atomic E-state index is 10.5. The number of hydrogen-bond donors (Lipinski definition) is 2. The van der Waals surface area contributed by atoms with E-state index in [1.807, 2.05) is 48.1 Å². The maximum absolute atomic E-state index is 10.5. The Kier molecular flexibility index (Phi) is 4.32. The van der Waals surface area contributed by atoms with Gasteiger partial charge in [-0.3, -0.25) is 0 Å². The van der Waals surface area contributed by atoms with Crippen LogP contribution in [0.3, 0.4) is 0 Å². The van der Waals surface area contributed by atoms with E-state index in [2.05, 4.69) is 22.5 Å². The zero-order valence-corrected chi connectivity index (χ0v) is 13.4. The van der Waals surface area contributed by atoms with E-state index in [4.69, 9.17) is 4.42 Å². The first-order valence-electron chi connectivity index (χ1n) is 7.63. The number of aliphatic hydroxyl groups is 1. The van der Waals surface area contributed by atoms with Gasteiger partial charge in [0.25, 0.3) is 0 Å². The summed E-state index contributed by atoms with van der Waals surface area (Å²) in [5.41, 5.74) is 1.15. The highest BCUT2D eigenvalue weighted by Crippen LogP contribution is 2.22. The van der Waals surface area contributed by atoms with Gasteiger partial charge >= 0.3 is 0 Å². The van der Waals surface area contributed by atoms with Gasteiger partial charge < -0.3 is 14.8 Å². The van der Waals surface area contributed by atoms with Crippen molar-refractivity contribution in [2.75, 3.05) is 6.54 Å². The molecule has 0 fully saturated rings. The molecule has 0 amide bonds. The van der Waals surface area contributed by atoms with Crippen molar-refractivity contribution in [3.63, 3.8) is 0 Å². The monoisotopic (exact) mass is 311 g/mol. The molecule has 1 unspecified atom stereocenters. The van der Waals surface area contributed by atoms with Gasteiger partial charge in [0, 0.05) is 25.5 Å². The molecule has 0 saturated heterocycles. The minimum atomic E-state index is -1.02. The normalized spacial score (nSPS) is 13.9. The summed E-state index contributed by atoms with van der Waals surface area (Å²) in [5.74, 6) is 1.38. The third-order valence-corrected chi connectivity index (χ3v) is 3.77. The molecule has 0 aliphatic carbocycles. The first kappa shape index (κ1) is 15.5. The van der Waals surface area contributed by atoms with Gasteiger partial charge in [-0.25, -0.2) is 4.68 Å². The minimum Gasteiger partial charge on any atom is -0.463 e. The zero-order chi connectivity index (χ0) is 16.3. The van der Waals surface area contributed by atoms with Gasteiger partial charge in [0.05, 0.1) is 5.69 Å². The quantitative estimate of drug-likeness (QED) is 0.735. The number of hydrogen-bond acceptors (Lipinski definition) is 4. The molecule has 3 rings (SSSR count). The van der Waals surface area contributed by atoms with Crippen molar-refractivity contribution in [3.05, 3.63) is 71.9 Å². The van der Waals surface area contributed by atoms with E-state index in [0.717, 1.165) is 17.0 Å². The minimum absolute atomic E-state index is 0.418. The Balaban J connectivity index is 1.56. The Morgan fingerprint density at radius 2 is 2.00 bits per heavy atom. The van der Waals surface area contributed by atoms with Gasteiger partial charge in [0.15, 0.2) is 0 Å². The Bertz CT molecular complexity index is 743. The van der Waals surface area contributed by atoms with Gasteiger partial charge in [-0.15, -0.1) is 0 Å². The van der Waals surface area contributed by atoms with Crippen LogP contribution < -0.4 is 5.32 Å². The van der Waals surface area contributed by atoms with Crippen molar-refractivity contribution in [2.24, 2.45) is 0 Å². The van der Waals surface area contributed by atoms with Crippen LogP contribution in [-0.4, -0.2) is 21.4 Å². The van der Waals surface area contributed by atoms with Gasteiger partial charge in [0.2, 0.25) is 0 Å². The molecule has 5 nitrogen and oxygen atoms in total. The second kappa shape index (κ2) is 6.40. The molecule has 0 aliphatic rings. The number of rotatable bonds is 6. The fourth-order valence-electron chi connectivity index (χ4n) is 2.45. The number of aromatic nitrogens is 2. The lowest BCUT2D eigenvalue weighted by atomic mass is 10.0. The molecule has 23 heavy (non-hydrogen) atoms. The molecular weight excluding hydrogens is 290 g/mol. The molecule has 1 aromatic carbocycles. The first-order chi connectivity index (χ1) is 11.0. The fraction of sp³-hybridized carbons (Fsp3) is 0.278. The molecule has 2 aromatic heterocycles. The molecule has 0 bridgehead atoms. The van der Waals surface area contributed by atoms with Crippen LogP contribution in [0.1, 0.15) is 24.0 Å². The number of nitrogens with zero attached hydrogens (tertiary/aromatic N) is 2. The largest absolute Gasteiger partial charge is 0.463 e. The predicted octanol–water partition coefficient (Wildman–Crippen LogP) is 2.77. The summed E-state index contributed by atoms with van der Waals surface area (Å²) in [5, 5.41) is 18.0. The Labute approximate surface area is 135 Å². The fourth-order valence-corrected chi connectivity index (χ4v) is 2.45. The lowest BCUT2D eigenvalue weighted by Crippen LogP contribution is -2.34. The second-order valence-electron chi connectivity index (χ2n) is 5.90. The molecule has 0 saturated carbocycles.